The molecule has 65 heavy (non-hydrogen) atoms. The SMILES string of the molecule is CC1(C)c2ccccc2-c2ccc(N3c4cc5c(cc4Bc4c3cc3ccccc3c4-c3c(Nc4ccc(-c6ccccc6)cc4)ccc4ccccc34)-c3ccccc3C5(C)C)cc21. The van der Waals surface area contributed by atoms with E-state index in [9.17, 15) is 0 Å². The summed E-state index contributed by atoms with van der Waals surface area (Å²) in [4.78, 5) is 2.61. The summed E-state index contributed by atoms with van der Waals surface area (Å²) in [7, 11) is 0.799. The molecule has 0 atom stereocenters. The van der Waals surface area contributed by atoms with Crippen LogP contribution in [-0.4, -0.2) is 7.28 Å². The fourth-order valence-electron chi connectivity index (χ4n) is 11.8. The lowest BCUT2D eigenvalue weighted by molar-refractivity contribution is 0.660. The van der Waals surface area contributed by atoms with Gasteiger partial charge in [0.25, 0.3) is 0 Å². The van der Waals surface area contributed by atoms with Gasteiger partial charge in [-0.15, -0.1) is 0 Å². The lowest BCUT2D eigenvalue weighted by Crippen LogP contribution is -2.41. The van der Waals surface area contributed by atoms with Crippen LogP contribution in [0.25, 0.3) is 66.1 Å². The topological polar surface area (TPSA) is 15.3 Å². The summed E-state index contributed by atoms with van der Waals surface area (Å²) in [5.41, 5.74) is 24.1. The number of nitrogens with zero attached hydrogens (tertiary/aromatic N) is 1. The Balaban J connectivity index is 1.07. The van der Waals surface area contributed by atoms with Gasteiger partial charge in [-0.2, -0.15) is 0 Å². The Morgan fingerprint density at radius 2 is 1.00 bits per heavy atom. The molecule has 0 spiro atoms. The molecule has 2 nitrogen and oxygen atoms in total. The van der Waals surface area contributed by atoms with Crippen LogP contribution in [0, 0.1) is 0 Å². The van der Waals surface area contributed by atoms with E-state index in [1.54, 1.807) is 0 Å². The first-order chi connectivity index (χ1) is 31.7. The van der Waals surface area contributed by atoms with Crippen LogP contribution in [0.4, 0.5) is 28.4 Å². The van der Waals surface area contributed by atoms with Crippen molar-refractivity contribution in [1.29, 1.82) is 0 Å². The van der Waals surface area contributed by atoms with Crippen molar-refractivity contribution in [2.75, 3.05) is 10.2 Å². The molecular formula is C62H47BN2. The zero-order valence-electron chi connectivity index (χ0n) is 37.2. The molecule has 0 fully saturated rings. The van der Waals surface area contributed by atoms with Crippen molar-refractivity contribution in [3.8, 4) is 44.5 Å². The molecule has 0 aromatic heterocycles. The molecule has 13 rings (SSSR count). The van der Waals surface area contributed by atoms with Crippen molar-refractivity contribution in [3.63, 3.8) is 0 Å². The smallest absolute Gasteiger partial charge is 0.198 e. The van der Waals surface area contributed by atoms with Crippen molar-refractivity contribution >= 4 is 68.2 Å². The Morgan fingerprint density at radius 3 is 1.74 bits per heavy atom. The van der Waals surface area contributed by atoms with Gasteiger partial charge in [0, 0.05) is 44.8 Å². The molecule has 3 heteroatoms. The van der Waals surface area contributed by atoms with Crippen LogP contribution >= 0.6 is 0 Å². The van der Waals surface area contributed by atoms with Crippen molar-refractivity contribution < 1.29 is 0 Å². The average molecular weight is 831 g/mol. The van der Waals surface area contributed by atoms with E-state index in [2.05, 4.69) is 238 Å². The number of benzene rings is 10. The first kappa shape index (κ1) is 37.9. The van der Waals surface area contributed by atoms with Crippen molar-refractivity contribution in [1.82, 2.24) is 0 Å². The lowest BCUT2D eigenvalue weighted by atomic mass is 9.57. The molecule has 1 aliphatic heterocycles. The fraction of sp³-hybridized carbons (Fsp3) is 0.0968. The molecule has 0 saturated carbocycles. The maximum atomic E-state index is 3.96. The first-order valence-electron chi connectivity index (χ1n) is 23.1. The van der Waals surface area contributed by atoms with E-state index in [0.29, 0.717) is 0 Å². The second kappa shape index (κ2) is 13.9. The van der Waals surface area contributed by atoms with E-state index in [1.165, 1.54) is 116 Å². The van der Waals surface area contributed by atoms with Crippen LogP contribution in [0.1, 0.15) is 49.9 Å². The monoisotopic (exact) mass is 830 g/mol. The summed E-state index contributed by atoms with van der Waals surface area (Å²) < 4.78 is 0. The van der Waals surface area contributed by atoms with E-state index in [0.717, 1.165) is 18.7 Å². The lowest BCUT2D eigenvalue weighted by Gasteiger charge is -2.37. The number of fused-ring (bicyclic) bond motifs is 10. The summed E-state index contributed by atoms with van der Waals surface area (Å²) >= 11 is 0. The van der Waals surface area contributed by atoms with E-state index < -0.39 is 0 Å². The largest absolute Gasteiger partial charge is 0.355 e. The van der Waals surface area contributed by atoms with Crippen LogP contribution in [0.3, 0.4) is 0 Å². The van der Waals surface area contributed by atoms with Crippen molar-refractivity contribution in [2.24, 2.45) is 0 Å². The van der Waals surface area contributed by atoms with E-state index >= 15 is 0 Å². The van der Waals surface area contributed by atoms with Crippen molar-refractivity contribution in [3.05, 3.63) is 222 Å². The average Bonchev–Trinajstić information content (AvgIpc) is 3.71. The minimum atomic E-state index is -0.137. The minimum Gasteiger partial charge on any atom is -0.355 e. The van der Waals surface area contributed by atoms with Gasteiger partial charge in [0.2, 0.25) is 0 Å². The summed E-state index contributed by atoms with van der Waals surface area (Å²) in [6.07, 6.45) is 0. The minimum absolute atomic E-state index is 0.133. The summed E-state index contributed by atoms with van der Waals surface area (Å²) in [6, 6.07) is 74.8. The van der Waals surface area contributed by atoms with Crippen LogP contribution in [0.15, 0.2) is 200 Å². The summed E-state index contributed by atoms with van der Waals surface area (Å²) in [6.45, 7) is 9.58. The highest BCUT2D eigenvalue weighted by molar-refractivity contribution is 6.74. The Bertz CT molecular complexity index is 3600. The number of anilines is 5. The van der Waals surface area contributed by atoms with Crippen LogP contribution in [0.5, 0.6) is 0 Å². The van der Waals surface area contributed by atoms with Gasteiger partial charge in [-0.25, -0.2) is 0 Å². The third kappa shape index (κ3) is 5.61. The van der Waals surface area contributed by atoms with Crippen LogP contribution < -0.4 is 21.1 Å². The number of hydrogen-bond acceptors (Lipinski definition) is 2. The molecule has 0 saturated heterocycles. The summed E-state index contributed by atoms with van der Waals surface area (Å²) in [5, 5.41) is 8.90. The molecule has 0 bridgehead atoms. The molecule has 1 heterocycles. The first-order valence-corrected chi connectivity index (χ1v) is 23.1. The molecule has 0 radical (unpaired) electrons. The molecule has 0 unspecified atom stereocenters. The zero-order chi connectivity index (χ0) is 43.6. The Kier molecular flexibility index (Phi) is 8.13. The van der Waals surface area contributed by atoms with E-state index in [1.807, 2.05) is 0 Å². The maximum absolute atomic E-state index is 3.96. The predicted molar refractivity (Wildman–Crippen MR) is 278 cm³/mol. The highest BCUT2D eigenvalue weighted by Gasteiger charge is 2.40. The molecule has 2 aliphatic carbocycles. The van der Waals surface area contributed by atoms with Crippen LogP contribution in [-0.2, 0) is 10.8 Å². The normalized spacial score (nSPS) is 14.5. The third-order valence-electron chi connectivity index (χ3n) is 15.0. The molecule has 10 aromatic carbocycles. The van der Waals surface area contributed by atoms with E-state index in [4.69, 9.17) is 0 Å². The molecular weight excluding hydrogens is 784 g/mol. The van der Waals surface area contributed by atoms with Gasteiger partial charge < -0.3 is 10.2 Å². The van der Waals surface area contributed by atoms with Gasteiger partial charge >= 0.3 is 0 Å². The fourth-order valence-corrected chi connectivity index (χ4v) is 11.8. The van der Waals surface area contributed by atoms with Gasteiger partial charge in [-0.1, -0.05) is 191 Å². The number of rotatable bonds is 5. The summed E-state index contributed by atoms with van der Waals surface area (Å²) in [5.74, 6) is 0. The van der Waals surface area contributed by atoms with Gasteiger partial charge in [0.1, 0.15) is 0 Å². The Labute approximate surface area is 382 Å². The zero-order valence-corrected chi connectivity index (χ0v) is 37.2. The third-order valence-corrected chi connectivity index (χ3v) is 15.0. The van der Waals surface area contributed by atoms with Gasteiger partial charge in [-0.3, -0.25) is 0 Å². The molecule has 1 N–H and O–H groups in total. The van der Waals surface area contributed by atoms with Crippen molar-refractivity contribution in [2.45, 2.75) is 38.5 Å². The Morgan fingerprint density at radius 1 is 0.415 bits per heavy atom. The maximum Gasteiger partial charge on any atom is 0.198 e. The van der Waals surface area contributed by atoms with Crippen LogP contribution in [0.2, 0.25) is 0 Å². The van der Waals surface area contributed by atoms with Gasteiger partial charge in [0.05, 0.1) is 0 Å². The quantitative estimate of drug-likeness (QED) is 0.174. The van der Waals surface area contributed by atoms with E-state index in [-0.39, 0.29) is 10.8 Å². The van der Waals surface area contributed by atoms with Gasteiger partial charge in [-0.05, 0) is 131 Å². The molecule has 308 valence electrons. The highest BCUT2D eigenvalue weighted by atomic mass is 15.2. The molecule has 3 aliphatic rings. The Hall–Kier alpha value is -7.62. The second-order valence-corrected chi connectivity index (χ2v) is 19.4. The van der Waals surface area contributed by atoms with Gasteiger partial charge in [0.15, 0.2) is 7.28 Å². The highest BCUT2D eigenvalue weighted by Crippen LogP contribution is 2.54. The number of hydrogen-bond donors (Lipinski definition) is 1. The predicted octanol–water partition coefficient (Wildman–Crippen LogP) is 14.9. The second-order valence-electron chi connectivity index (χ2n) is 19.4. The number of nitrogens with one attached hydrogen (secondary N) is 1. The molecule has 0 amide bonds. The molecule has 10 aromatic rings. The standard InChI is InChI=1S/C62H47BN2/c1-61(2)50-24-14-12-22-46(50)48-32-31-43(35-52(48)61)65-56-37-53-49(47-23-13-15-25-51(47)62(53,3)4)36-54(56)63-60-57(65)34-41-19-9-11-21-45(41)59(60)58-44-20-10-8-18-40(44)28-33-55(58)64-42-29-26-39(27-30-42)38-16-6-5-7-17-38/h5-37,63-64H,1-4H3.